The van der Waals surface area contributed by atoms with Crippen molar-refractivity contribution in [2.45, 2.75) is 25.8 Å². The van der Waals surface area contributed by atoms with Crippen molar-refractivity contribution in [1.29, 1.82) is 0 Å². The van der Waals surface area contributed by atoms with Crippen LogP contribution in [0.15, 0.2) is 18.2 Å². The summed E-state index contributed by atoms with van der Waals surface area (Å²) in [7, 11) is 0. The molecule has 1 heterocycles. The van der Waals surface area contributed by atoms with Crippen LogP contribution in [0, 0.1) is 3.57 Å². The number of amides is 1. The number of nitrogen functional groups attached to an aromatic ring is 1. The second kappa shape index (κ2) is 7.01. The van der Waals surface area contributed by atoms with Crippen LogP contribution < -0.4 is 11.1 Å². The lowest BCUT2D eigenvalue weighted by molar-refractivity contribution is 0.0983. The molecule has 0 saturated carbocycles. The van der Waals surface area contributed by atoms with Gasteiger partial charge in [0.2, 0.25) is 0 Å². The number of anilines is 2. The average Bonchev–Trinajstić information content (AvgIpc) is 2.43. The molecule has 5 nitrogen and oxygen atoms in total. The number of rotatable bonds is 3. The third-order valence-electron chi connectivity index (χ3n) is 3.39. The Balaban J connectivity index is 1.86. The Labute approximate surface area is 133 Å². The van der Waals surface area contributed by atoms with Gasteiger partial charge in [-0.25, -0.2) is 4.79 Å². The Kier molecular flexibility index (Phi) is 5.33. The highest BCUT2D eigenvalue weighted by molar-refractivity contribution is 14.1. The molecule has 1 aromatic carbocycles. The van der Waals surface area contributed by atoms with Crippen LogP contribution in [-0.4, -0.2) is 36.7 Å². The Hall–Kier alpha value is -1.18. The lowest BCUT2D eigenvalue weighted by Gasteiger charge is -2.32. The van der Waals surface area contributed by atoms with E-state index < -0.39 is 0 Å². The van der Waals surface area contributed by atoms with Crippen molar-refractivity contribution in [1.82, 2.24) is 4.90 Å². The third kappa shape index (κ3) is 3.91. The highest BCUT2D eigenvalue weighted by Gasteiger charge is 2.23. The smallest absolute Gasteiger partial charge is 0.409 e. The summed E-state index contributed by atoms with van der Waals surface area (Å²) >= 11 is 2.24. The van der Waals surface area contributed by atoms with Gasteiger partial charge in [0.1, 0.15) is 0 Å². The van der Waals surface area contributed by atoms with Gasteiger partial charge in [-0.15, -0.1) is 0 Å². The molecule has 0 atom stereocenters. The first-order valence-corrected chi connectivity index (χ1v) is 7.91. The fraction of sp³-hybridized carbons (Fsp3) is 0.500. The number of ether oxygens (including phenoxy) is 1. The first-order valence-electron chi connectivity index (χ1n) is 6.83. The highest BCUT2D eigenvalue weighted by Crippen LogP contribution is 2.24. The van der Waals surface area contributed by atoms with E-state index in [2.05, 4.69) is 27.9 Å². The second-order valence-electron chi connectivity index (χ2n) is 4.84. The van der Waals surface area contributed by atoms with Crippen LogP contribution in [0.5, 0.6) is 0 Å². The molecule has 1 aliphatic rings. The van der Waals surface area contributed by atoms with E-state index in [-0.39, 0.29) is 6.09 Å². The lowest BCUT2D eigenvalue weighted by Crippen LogP contribution is -2.42. The molecule has 1 fully saturated rings. The van der Waals surface area contributed by atoms with Gasteiger partial charge in [0, 0.05) is 22.7 Å². The van der Waals surface area contributed by atoms with Crippen molar-refractivity contribution < 1.29 is 9.53 Å². The number of hydrogen-bond donors (Lipinski definition) is 2. The molecule has 2 rings (SSSR count). The second-order valence-corrected chi connectivity index (χ2v) is 6.08. The van der Waals surface area contributed by atoms with E-state index in [0.717, 1.165) is 40.9 Å². The summed E-state index contributed by atoms with van der Waals surface area (Å²) < 4.78 is 6.14. The van der Waals surface area contributed by atoms with Crippen molar-refractivity contribution in [2.75, 3.05) is 30.7 Å². The van der Waals surface area contributed by atoms with Crippen LogP contribution in [-0.2, 0) is 4.74 Å². The van der Waals surface area contributed by atoms with Gasteiger partial charge in [-0.05, 0) is 60.6 Å². The standard InChI is InChI=1S/C14H20IN3O2/c1-2-20-14(19)18-7-5-11(6-8-18)17-13-4-3-10(15)9-12(13)16/h3-4,9,11,17H,2,5-8,16H2,1H3. The maximum Gasteiger partial charge on any atom is 0.409 e. The monoisotopic (exact) mass is 389 g/mol. The maximum atomic E-state index is 11.6. The number of nitrogens with zero attached hydrogens (tertiary/aromatic N) is 1. The first kappa shape index (κ1) is 15.2. The van der Waals surface area contributed by atoms with Crippen LogP contribution in [0.2, 0.25) is 0 Å². The minimum Gasteiger partial charge on any atom is -0.450 e. The summed E-state index contributed by atoms with van der Waals surface area (Å²) in [6, 6.07) is 6.35. The zero-order valence-electron chi connectivity index (χ0n) is 11.6. The predicted octanol–water partition coefficient (Wildman–Crippen LogP) is 2.91. The Morgan fingerprint density at radius 3 is 2.80 bits per heavy atom. The summed E-state index contributed by atoms with van der Waals surface area (Å²) in [4.78, 5) is 13.4. The zero-order valence-corrected chi connectivity index (χ0v) is 13.7. The Morgan fingerprint density at radius 1 is 1.50 bits per heavy atom. The molecular formula is C14H20IN3O2. The summed E-state index contributed by atoms with van der Waals surface area (Å²) in [6.45, 7) is 3.70. The molecule has 0 aliphatic carbocycles. The van der Waals surface area contributed by atoms with Crippen molar-refractivity contribution in [3.63, 3.8) is 0 Å². The molecule has 0 unspecified atom stereocenters. The molecule has 3 N–H and O–H groups in total. The zero-order chi connectivity index (χ0) is 14.5. The average molecular weight is 389 g/mol. The SMILES string of the molecule is CCOC(=O)N1CCC(Nc2ccc(I)cc2N)CC1. The molecule has 0 spiro atoms. The van der Waals surface area contributed by atoms with E-state index in [1.165, 1.54) is 0 Å². The van der Waals surface area contributed by atoms with E-state index >= 15 is 0 Å². The van der Waals surface area contributed by atoms with Gasteiger partial charge in [-0.3, -0.25) is 0 Å². The van der Waals surface area contributed by atoms with Gasteiger partial charge in [-0.1, -0.05) is 0 Å². The number of nitrogens with one attached hydrogen (secondary N) is 1. The van der Waals surface area contributed by atoms with Gasteiger partial charge in [0.25, 0.3) is 0 Å². The normalized spacial score (nSPS) is 16.0. The fourth-order valence-corrected chi connectivity index (χ4v) is 2.82. The summed E-state index contributed by atoms with van der Waals surface area (Å²) in [6.07, 6.45) is 1.61. The minimum absolute atomic E-state index is 0.209. The van der Waals surface area contributed by atoms with Gasteiger partial charge in [0.15, 0.2) is 0 Å². The number of likely N-dealkylation sites (tertiary alicyclic amines) is 1. The van der Waals surface area contributed by atoms with Crippen molar-refractivity contribution in [3.8, 4) is 0 Å². The number of carbonyl (C=O) groups is 1. The summed E-state index contributed by atoms with van der Waals surface area (Å²) in [5, 5.41) is 3.46. The maximum absolute atomic E-state index is 11.6. The number of benzene rings is 1. The molecule has 20 heavy (non-hydrogen) atoms. The fourth-order valence-electron chi connectivity index (χ4n) is 2.31. The van der Waals surface area contributed by atoms with Gasteiger partial charge < -0.3 is 20.7 Å². The molecule has 6 heteroatoms. The number of carbonyl (C=O) groups excluding carboxylic acids is 1. The Morgan fingerprint density at radius 2 is 2.20 bits per heavy atom. The lowest BCUT2D eigenvalue weighted by atomic mass is 10.0. The molecule has 1 aliphatic heterocycles. The summed E-state index contributed by atoms with van der Waals surface area (Å²) in [5.41, 5.74) is 7.74. The molecule has 110 valence electrons. The van der Waals surface area contributed by atoms with Crippen molar-refractivity contribution in [2.24, 2.45) is 0 Å². The molecule has 1 saturated heterocycles. The van der Waals surface area contributed by atoms with Crippen molar-refractivity contribution >= 4 is 40.1 Å². The van der Waals surface area contributed by atoms with Crippen LogP contribution in [0.3, 0.4) is 0 Å². The van der Waals surface area contributed by atoms with Crippen LogP contribution in [0.4, 0.5) is 16.2 Å². The number of piperidine rings is 1. The molecule has 0 aromatic heterocycles. The van der Waals surface area contributed by atoms with E-state index in [1.54, 1.807) is 4.90 Å². The quantitative estimate of drug-likeness (QED) is 0.616. The highest BCUT2D eigenvalue weighted by atomic mass is 127. The largest absolute Gasteiger partial charge is 0.450 e. The molecule has 1 amide bonds. The van der Waals surface area contributed by atoms with Gasteiger partial charge >= 0.3 is 6.09 Å². The van der Waals surface area contributed by atoms with Crippen molar-refractivity contribution in [3.05, 3.63) is 21.8 Å². The molecule has 0 bridgehead atoms. The van der Waals surface area contributed by atoms with E-state index in [1.807, 2.05) is 25.1 Å². The van der Waals surface area contributed by atoms with E-state index in [9.17, 15) is 4.79 Å². The molecular weight excluding hydrogens is 369 g/mol. The third-order valence-corrected chi connectivity index (χ3v) is 4.07. The number of nitrogens with two attached hydrogens (primary N) is 1. The van der Waals surface area contributed by atoms with Gasteiger partial charge in [-0.2, -0.15) is 0 Å². The number of hydrogen-bond acceptors (Lipinski definition) is 4. The molecule has 1 aromatic rings. The van der Waals surface area contributed by atoms with Crippen LogP contribution in [0.1, 0.15) is 19.8 Å². The van der Waals surface area contributed by atoms with Gasteiger partial charge in [0.05, 0.1) is 18.0 Å². The summed E-state index contributed by atoms with van der Waals surface area (Å²) in [5.74, 6) is 0. The number of halogens is 1. The van der Waals surface area contributed by atoms with E-state index in [4.69, 9.17) is 10.5 Å². The first-order chi connectivity index (χ1) is 9.60. The van der Waals surface area contributed by atoms with E-state index in [0.29, 0.717) is 12.6 Å². The molecule has 0 radical (unpaired) electrons. The predicted molar refractivity (Wildman–Crippen MR) is 88.8 cm³/mol. The van der Waals surface area contributed by atoms with Crippen LogP contribution in [0.25, 0.3) is 0 Å². The Bertz CT molecular complexity index is 473. The minimum atomic E-state index is -0.209. The van der Waals surface area contributed by atoms with Crippen LogP contribution >= 0.6 is 22.6 Å². The topological polar surface area (TPSA) is 67.6 Å².